The fraction of sp³-hybridized carbons (Fsp3) is 0.267. The van der Waals surface area contributed by atoms with E-state index in [-0.39, 0.29) is 12.4 Å². The molecule has 1 aromatic carbocycles. The molecule has 0 aliphatic carbocycles. The Morgan fingerprint density at radius 1 is 1.14 bits per heavy atom. The Morgan fingerprint density at radius 3 is 2.27 bits per heavy atom. The molecule has 0 saturated heterocycles. The molecular weight excluding hydrogens is 351 g/mol. The molecule has 0 spiro atoms. The van der Waals surface area contributed by atoms with Gasteiger partial charge in [0.1, 0.15) is 0 Å². The Hall–Kier alpha value is -1.20. The summed E-state index contributed by atoms with van der Waals surface area (Å²) >= 11 is 17.4. The van der Waals surface area contributed by atoms with Gasteiger partial charge in [0.05, 0.1) is 6.26 Å². The second kappa shape index (κ2) is 9.06. The zero-order valence-corrected chi connectivity index (χ0v) is 13.8. The molecule has 2 aromatic rings. The lowest BCUT2D eigenvalue weighted by Gasteiger charge is -2.15. The summed E-state index contributed by atoms with van der Waals surface area (Å²) in [6.45, 7) is 0.147. The van der Waals surface area contributed by atoms with Crippen molar-refractivity contribution in [3.05, 3.63) is 59.5 Å². The Morgan fingerprint density at radius 2 is 1.82 bits per heavy atom. The molecule has 0 amide bonds. The summed E-state index contributed by atoms with van der Waals surface area (Å²) in [6.07, 6.45) is 2.72. The van der Waals surface area contributed by atoms with Gasteiger partial charge in [0.25, 0.3) is 0 Å². The van der Waals surface area contributed by atoms with Crippen LogP contribution in [0.5, 0.6) is 0 Å². The molecule has 0 unspecified atom stereocenters. The maximum atomic E-state index is 9.97. The number of aryl methyl sites for hydroxylation is 1. The van der Waals surface area contributed by atoms with Crippen LogP contribution in [0.4, 0.5) is 0 Å². The highest BCUT2D eigenvalue weighted by atomic mass is 35.6. The monoisotopic (exact) mass is 364 g/mol. The van der Waals surface area contributed by atoms with E-state index in [1.807, 2.05) is 18.2 Å². The van der Waals surface area contributed by atoms with Gasteiger partial charge in [-0.1, -0.05) is 59.1 Å². The molecule has 0 radical (unpaired) electrons. The van der Waals surface area contributed by atoms with E-state index in [9.17, 15) is 4.79 Å². The first-order valence-corrected chi connectivity index (χ1v) is 7.52. The first kappa shape index (κ1) is 18.8. The average molecular weight is 366 g/mol. The van der Waals surface area contributed by atoms with Crippen molar-refractivity contribution >= 4 is 40.8 Å². The number of benzene rings is 1. The Kier molecular flexibility index (Phi) is 7.76. The van der Waals surface area contributed by atoms with Crippen molar-refractivity contribution in [2.24, 2.45) is 0 Å². The minimum Gasteiger partial charge on any atom is -0.475 e. The number of hydrogen-bond acceptors (Lipinski definition) is 3. The highest BCUT2D eigenvalue weighted by Crippen LogP contribution is 2.40. The van der Waals surface area contributed by atoms with E-state index in [0.29, 0.717) is 12.0 Å². The van der Waals surface area contributed by atoms with Crippen molar-refractivity contribution in [3.8, 4) is 0 Å². The first-order valence-electron chi connectivity index (χ1n) is 6.39. The molecule has 1 heterocycles. The quantitative estimate of drug-likeness (QED) is 0.787. The normalized spacial score (nSPS) is 10.7. The zero-order chi connectivity index (χ0) is 16.6. The van der Waals surface area contributed by atoms with Crippen LogP contribution in [0.1, 0.15) is 28.1 Å². The van der Waals surface area contributed by atoms with Crippen molar-refractivity contribution in [1.82, 2.24) is 0 Å². The molecule has 0 atom stereocenters. The van der Waals surface area contributed by atoms with Crippen molar-refractivity contribution in [2.75, 3.05) is 6.61 Å². The second-order valence-electron chi connectivity index (χ2n) is 4.26. The number of aliphatic hydroxyl groups excluding tert-OH is 1. The number of alkyl halides is 3. The van der Waals surface area contributed by atoms with Gasteiger partial charge in [-0.2, -0.15) is 0 Å². The van der Waals surface area contributed by atoms with Crippen LogP contribution < -0.4 is 0 Å². The first-order chi connectivity index (χ1) is 10.4. The molecule has 7 heteroatoms. The summed E-state index contributed by atoms with van der Waals surface area (Å²) in [7, 11) is 0. The van der Waals surface area contributed by atoms with Gasteiger partial charge < -0.3 is 14.6 Å². The molecule has 0 aliphatic heterocycles. The summed E-state index contributed by atoms with van der Waals surface area (Å²) in [5.41, 5.74) is 1.67. The van der Waals surface area contributed by atoms with Crippen molar-refractivity contribution in [3.63, 3.8) is 0 Å². The highest BCUT2D eigenvalue weighted by Gasteiger charge is 2.25. The van der Waals surface area contributed by atoms with Crippen molar-refractivity contribution < 1.29 is 19.4 Å². The minimum atomic E-state index is -1.38. The predicted octanol–water partition coefficient (Wildman–Crippen LogP) is 4.42. The van der Waals surface area contributed by atoms with Gasteiger partial charge in [-0.15, -0.1) is 0 Å². The topological polar surface area (TPSA) is 70.7 Å². The molecular formula is C15H15Cl3O4. The SMILES string of the molecule is O=C(O)c1ccco1.OCCCc1ccccc1C(Cl)(Cl)Cl. The third-order valence-electron chi connectivity index (χ3n) is 2.66. The standard InChI is InChI=1S/C10H11Cl3O.C5H4O3/c11-10(12,13)9-6-2-1-4-8(9)5-3-7-14;6-5(7)4-2-1-3-8-4/h1-2,4,6,14H,3,5,7H2;1-3H,(H,6,7). The molecule has 120 valence electrons. The summed E-state index contributed by atoms with van der Waals surface area (Å²) in [5, 5.41) is 16.9. The van der Waals surface area contributed by atoms with Crippen LogP contribution in [0.25, 0.3) is 0 Å². The number of carboxylic acid groups (broad SMARTS) is 1. The number of carboxylic acids is 1. The summed E-state index contributed by atoms with van der Waals surface area (Å²) in [5.74, 6) is -1.06. The van der Waals surface area contributed by atoms with Crippen molar-refractivity contribution in [2.45, 2.75) is 16.6 Å². The molecule has 0 aliphatic rings. The lowest BCUT2D eigenvalue weighted by atomic mass is 10.0. The van der Waals surface area contributed by atoms with Crippen LogP contribution in [0, 0.1) is 0 Å². The molecule has 4 nitrogen and oxygen atoms in total. The summed E-state index contributed by atoms with van der Waals surface area (Å²) in [4.78, 5) is 9.97. The number of aromatic carboxylic acids is 1. The van der Waals surface area contributed by atoms with Gasteiger partial charge in [-0.25, -0.2) is 4.79 Å². The van der Waals surface area contributed by atoms with E-state index < -0.39 is 9.76 Å². The number of aliphatic hydroxyl groups is 1. The van der Waals surface area contributed by atoms with E-state index in [4.69, 9.17) is 45.0 Å². The van der Waals surface area contributed by atoms with Crippen LogP contribution in [-0.4, -0.2) is 22.8 Å². The van der Waals surface area contributed by atoms with E-state index in [0.717, 1.165) is 12.0 Å². The summed E-state index contributed by atoms with van der Waals surface area (Å²) < 4.78 is 3.11. The van der Waals surface area contributed by atoms with Crippen LogP contribution in [-0.2, 0) is 10.2 Å². The molecule has 2 rings (SSSR count). The van der Waals surface area contributed by atoms with Crippen LogP contribution in [0.15, 0.2) is 47.1 Å². The molecule has 0 bridgehead atoms. The van der Waals surface area contributed by atoms with Gasteiger partial charge in [0.15, 0.2) is 0 Å². The average Bonchev–Trinajstić information content (AvgIpc) is 2.99. The van der Waals surface area contributed by atoms with Crippen LogP contribution in [0.3, 0.4) is 0 Å². The van der Waals surface area contributed by atoms with E-state index in [2.05, 4.69) is 4.42 Å². The van der Waals surface area contributed by atoms with Crippen LogP contribution >= 0.6 is 34.8 Å². The van der Waals surface area contributed by atoms with E-state index >= 15 is 0 Å². The van der Waals surface area contributed by atoms with Crippen molar-refractivity contribution in [1.29, 1.82) is 0 Å². The number of hydrogen-bond donors (Lipinski definition) is 2. The molecule has 0 fully saturated rings. The molecule has 0 saturated carbocycles. The Labute approximate surface area is 143 Å². The van der Waals surface area contributed by atoms with Gasteiger partial charge in [-0.05, 0) is 30.5 Å². The minimum absolute atomic E-state index is 0.0231. The summed E-state index contributed by atoms with van der Waals surface area (Å²) in [6, 6.07) is 10.4. The van der Waals surface area contributed by atoms with Gasteiger partial charge in [-0.3, -0.25) is 0 Å². The lowest BCUT2D eigenvalue weighted by Crippen LogP contribution is -2.05. The molecule has 1 aromatic heterocycles. The fourth-order valence-corrected chi connectivity index (χ4v) is 2.24. The number of halogens is 3. The Bertz CT molecular complexity index is 577. The van der Waals surface area contributed by atoms with Gasteiger partial charge in [0.2, 0.25) is 9.55 Å². The van der Waals surface area contributed by atoms with E-state index in [1.54, 1.807) is 6.07 Å². The lowest BCUT2D eigenvalue weighted by molar-refractivity contribution is 0.0662. The van der Waals surface area contributed by atoms with Crippen LogP contribution in [0.2, 0.25) is 0 Å². The predicted molar refractivity (Wildman–Crippen MR) is 86.8 cm³/mol. The van der Waals surface area contributed by atoms with Gasteiger partial charge in [0, 0.05) is 12.2 Å². The van der Waals surface area contributed by atoms with E-state index in [1.165, 1.54) is 18.4 Å². The largest absolute Gasteiger partial charge is 0.475 e. The number of furan rings is 1. The third-order valence-corrected chi connectivity index (χ3v) is 3.27. The van der Waals surface area contributed by atoms with Gasteiger partial charge >= 0.3 is 5.97 Å². The number of rotatable bonds is 4. The third kappa shape index (κ3) is 6.28. The smallest absolute Gasteiger partial charge is 0.371 e. The molecule has 2 N–H and O–H groups in total. The number of carbonyl (C=O) groups is 1. The highest BCUT2D eigenvalue weighted by molar-refractivity contribution is 6.66. The Balaban J connectivity index is 0.000000255. The second-order valence-corrected chi connectivity index (χ2v) is 6.55. The maximum Gasteiger partial charge on any atom is 0.371 e. The maximum absolute atomic E-state index is 9.97. The zero-order valence-electron chi connectivity index (χ0n) is 11.5. The molecule has 22 heavy (non-hydrogen) atoms. The fourth-order valence-electron chi connectivity index (χ4n) is 1.68.